The Morgan fingerprint density at radius 2 is 0.917 bits per heavy atom. The molecule has 0 saturated heterocycles. The highest BCUT2D eigenvalue weighted by Gasteiger charge is 2.20. The van der Waals surface area contributed by atoms with E-state index < -0.39 is 20.0 Å². The van der Waals surface area contributed by atoms with Crippen molar-refractivity contribution in [2.75, 3.05) is 14.2 Å². The smallest absolute Gasteiger partial charge is 0.254 e. The lowest BCUT2D eigenvalue weighted by atomic mass is 10.3. The summed E-state index contributed by atoms with van der Waals surface area (Å²) in [4.78, 5) is 3.46. The van der Waals surface area contributed by atoms with Crippen LogP contribution in [0, 0.1) is 0 Å². The Kier molecular flexibility index (Phi) is 5.44. The molecule has 2 aromatic rings. The molecule has 24 heavy (non-hydrogen) atoms. The first kappa shape index (κ1) is 18.2. The number of methoxy groups -OCH3 is 2. The lowest BCUT2D eigenvalue weighted by Crippen LogP contribution is -2.41. The number of sulfonamides is 2. The summed E-state index contributed by atoms with van der Waals surface area (Å²) in [6, 6.07) is 11.0. The van der Waals surface area contributed by atoms with Crippen LogP contribution in [-0.2, 0) is 20.0 Å². The maximum atomic E-state index is 12.1. The Hall–Kier alpha value is -2.14. The van der Waals surface area contributed by atoms with E-state index >= 15 is 0 Å². The third-order valence-corrected chi connectivity index (χ3v) is 5.71. The average molecular weight is 372 g/mol. The third-order valence-electron chi connectivity index (χ3n) is 3.05. The summed E-state index contributed by atoms with van der Waals surface area (Å²) in [5, 5.41) is 0. The maximum absolute atomic E-state index is 12.1. The van der Waals surface area contributed by atoms with E-state index in [0.29, 0.717) is 11.5 Å². The molecule has 0 bridgehead atoms. The summed E-state index contributed by atoms with van der Waals surface area (Å²) in [6.07, 6.45) is 0. The van der Waals surface area contributed by atoms with Crippen molar-refractivity contribution >= 4 is 20.0 Å². The molecule has 0 aliphatic heterocycles. The predicted octanol–water partition coefficient (Wildman–Crippen LogP) is 0.876. The molecule has 0 saturated carbocycles. The molecule has 0 aromatic heterocycles. The lowest BCUT2D eigenvalue weighted by molar-refractivity contribution is 0.414. The van der Waals surface area contributed by atoms with Crippen molar-refractivity contribution in [3.63, 3.8) is 0 Å². The van der Waals surface area contributed by atoms with Gasteiger partial charge in [0.2, 0.25) is 0 Å². The van der Waals surface area contributed by atoms with Gasteiger partial charge in [-0.1, -0.05) is 0 Å². The minimum Gasteiger partial charge on any atom is -0.497 e. The minimum absolute atomic E-state index is 0.110. The molecule has 0 amide bonds. The van der Waals surface area contributed by atoms with Crippen LogP contribution in [0.5, 0.6) is 11.5 Å². The van der Waals surface area contributed by atoms with Crippen LogP contribution in [0.15, 0.2) is 58.3 Å². The van der Waals surface area contributed by atoms with Crippen LogP contribution in [0.3, 0.4) is 0 Å². The van der Waals surface area contributed by atoms with Crippen molar-refractivity contribution in [2.24, 2.45) is 0 Å². The van der Waals surface area contributed by atoms with Crippen molar-refractivity contribution in [3.05, 3.63) is 48.5 Å². The summed E-state index contributed by atoms with van der Waals surface area (Å²) < 4.78 is 58.3. The quantitative estimate of drug-likeness (QED) is 0.698. The molecule has 0 spiro atoms. The summed E-state index contributed by atoms with van der Waals surface area (Å²) in [5.41, 5.74) is 0. The molecule has 2 rings (SSSR count). The van der Waals surface area contributed by atoms with Gasteiger partial charge in [0.05, 0.1) is 24.0 Å². The van der Waals surface area contributed by atoms with Gasteiger partial charge in [-0.2, -0.15) is 0 Å². The SMILES string of the molecule is COc1ccc(S(=O)(=O)NNS(=O)(=O)c2ccc(OC)cc2)cc1. The lowest BCUT2D eigenvalue weighted by Gasteiger charge is -2.10. The van der Waals surface area contributed by atoms with Gasteiger partial charge in [0.15, 0.2) is 0 Å². The van der Waals surface area contributed by atoms with Gasteiger partial charge in [-0.3, -0.25) is 0 Å². The number of hydrazine groups is 1. The zero-order chi connectivity index (χ0) is 17.8. The molecule has 0 heterocycles. The standard InChI is InChI=1S/C14H16N2O6S2/c1-21-11-3-7-13(8-4-11)23(17,18)15-16-24(19,20)14-9-5-12(22-2)6-10-14/h3-10,15-16H,1-2H3. The molecular formula is C14H16N2O6S2. The molecule has 8 nitrogen and oxygen atoms in total. The monoisotopic (exact) mass is 372 g/mol. The molecule has 130 valence electrons. The van der Waals surface area contributed by atoms with E-state index in [1.54, 1.807) is 0 Å². The van der Waals surface area contributed by atoms with Gasteiger partial charge in [0.25, 0.3) is 20.0 Å². The van der Waals surface area contributed by atoms with Gasteiger partial charge in [-0.25, -0.2) is 16.8 Å². The molecule has 0 atom stereocenters. The number of ether oxygens (including phenoxy) is 2. The Balaban J connectivity index is 2.14. The minimum atomic E-state index is -4.06. The van der Waals surface area contributed by atoms with Crippen LogP contribution >= 0.6 is 0 Å². The molecule has 2 N–H and O–H groups in total. The fourth-order valence-electron chi connectivity index (χ4n) is 1.74. The Bertz CT molecular complexity index is 814. The number of hydrogen-bond acceptors (Lipinski definition) is 6. The highest BCUT2D eigenvalue weighted by molar-refractivity contribution is 7.92. The fourth-order valence-corrected chi connectivity index (χ4v) is 3.84. The molecule has 0 aliphatic carbocycles. The van der Waals surface area contributed by atoms with Crippen molar-refractivity contribution in [3.8, 4) is 11.5 Å². The molecule has 0 unspecified atom stereocenters. The summed E-state index contributed by atoms with van der Waals surface area (Å²) in [6.45, 7) is 0. The highest BCUT2D eigenvalue weighted by Crippen LogP contribution is 2.17. The van der Waals surface area contributed by atoms with Gasteiger partial charge in [-0.15, -0.1) is 9.66 Å². The van der Waals surface area contributed by atoms with E-state index in [1.807, 2.05) is 9.66 Å². The van der Waals surface area contributed by atoms with Gasteiger partial charge in [0.1, 0.15) is 11.5 Å². The van der Waals surface area contributed by atoms with E-state index in [-0.39, 0.29) is 9.79 Å². The molecule has 10 heteroatoms. The van der Waals surface area contributed by atoms with Crippen LogP contribution in [0.4, 0.5) is 0 Å². The van der Waals surface area contributed by atoms with E-state index in [0.717, 1.165) is 0 Å². The van der Waals surface area contributed by atoms with Crippen LogP contribution in [0.2, 0.25) is 0 Å². The summed E-state index contributed by atoms with van der Waals surface area (Å²) in [5.74, 6) is 0.959. The largest absolute Gasteiger partial charge is 0.497 e. The predicted molar refractivity (Wildman–Crippen MR) is 86.6 cm³/mol. The number of rotatable bonds is 7. The fraction of sp³-hybridized carbons (Fsp3) is 0.143. The maximum Gasteiger partial charge on any atom is 0.254 e. The molecule has 2 aromatic carbocycles. The Morgan fingerprint density at radius 3 is 1.17 bits per heavy atom. The Labute approximate surface area is 140 Å². The van der Waals surface area contributed by atoms with Gasteiger partial charge in [0, 0.05) is 0 Å². The average Bonchev–Trinajstić information content (AvgIpc) is 2.60. The van der Waals surface area contributed by atoms with E-state index in [1.165, 1.54) is 62.8 Å². The van der Waals surface area contributed by atoms with Crippen molar-refractivity contribution in [1.29, 1.82) is 0 Å². The zero-order valence-corrected chi connectivity index (χ0v) is 14.5. The normalized spacial score (nSPS) is 11.9. The molecular weight excluding hydrogens is 356 g/mol. The summed E-state index contributed by atoms with van der Waals surface area (Å²) in [7, 11) is -5.22. The van der Waals surface area contributed by atoms with Crippen LogP contribution < -0.4 is 19.1 Å². The van der Waals surface area contributed by atoms with Crippen molar-refractivity contribution in [2.45, 2.75) is 9.79 Å². The van der Waals surface area contributed by atoms with Crippen molar-refractivity contribution < 1.29 is 26.3 Å². The summed E-state index contributed by atoms with van der Waals surface area (Å²) >= 11 is 0. The number of nitrogens with one attached hydrogen (secondary N) is 2. The number of benzene rings is 2. The first-order chi connectivity index (χ1) is 11.3. The van der Waals surface area contributed by atoms with E-state index in [9.17, 15) is 16.8 Å². The molecule has 0 fully saturated rings. The number of hydrogen-bond donors (Lipinski definition) is 2. The van der Waals surface area contributed by atoms with Gasteiger partial charge in [-0.05, 0) is 48.5 Å². The second-order valence-electron chi connectivity index (χ2n) is 4.56. The topological polar surface area (TPSA) is 111 Å². The van der Waals surface area contributed by atoms with Crippen LogP contribution in [-0.4, -0.2) is 31.1 Å². The van der Waals surface area contributed by atoms with Crippen LogP contribution in [0.1, 0.15) is 0 Å². The first-order valence-electron chi connectivity index (χ1n) is 6.60. The molecule has 0 radical (unpaired) electrons. The van der Waals surface area contributed by atoms with E-state index in [2.05, 4.69) is 0 Å². The second kappa shape index (κ2) is 7.18. The molecule has 0 aliphatic rings. The van der Waals surface area contributed by atoms with Crippen molar-refractivity contribution in [1.82, 2.24) is 9.66 Å². The highest BCUT2D eigenvalue weighted by atomic mass is 32.2. The Morgan fingerprint density at radius 1 is 0.625 bits per heavy atom. The second-order valence-corrected chi connectivity index (χ2v) is 7.93. The zero-order valence-electron chi connectivity index (χ0n) is 12.9. The third kappa shape index (κ3) is 4.23. The van der Waals surface area contributed by atoms with Gasteiger partial charge < -0.3 is 9.47 Å². The van der Waals surface area contributed by atoms with Gasteiger partial charge >= 0.3 is 0 Å². The van der Waals surface area contributed by atoms with E-state index in [4.69, 9.17) is 9.47 Å². The van der Waals surface area contributed by atoms with Crippen LogP contribution in [0.25, 0.3) is 0 Å². The first-order valence-corrected chi connectivity index (χ1v) is 9.57.